The van der Waals surface area contributed by atoms with E-state index in [1.807, 2.05) is 6.92 Å². The number of aryl methyl sites for hydroxylation is 2. The number of aromatic nitrogens is 2. The van der Waals surface area contributed by atoms with Crippen LogP contribution in [0.2, 0.25) is 0 Å². The minimum Gasteiger partial charge on any atom is -0.476 e. The van der Waals surface area contributed by atoms with Gasteiger partial charge in [-0.2, -0.15) is 5.10 Å². The van der Waals surface area contributed by atoms with Crippen molar-refractivity contribution >= 4 is 16.9 Å². The number of fused-ring (bicyclic) bond motifs is 1. The molecule has 2 rings (SSSR count). The highest BCUT2D eigenvalue weighted by Gasteiger charge is 2.14. The Bertz CT molecular complexity index is 643. The van der Waals surface area contributed by atoms with Crippen molar-refractivity contribution in [3.05, 3.63) is 39.7 Å². The molecule has 0 radical (unpaired) electrons. The molecular weight excluding hydrogens is 208 g/mol. The van der Waals surface area contributed by atoms with E-state index < -0.39 is 17.1 Å². The average Bonchev–Trinajstić information content (AvgIpc) is 2.22. The molecule has 0 fully saturated rings. The summed E-state index contributed by atoms with van der Waals surface area (Å²) in [6, 6.07) is 5.20. The first-order chi connectivity index (χ1) is 7.50. The van der Waals surface area contributed by atoms with Crippen LogP contribution in [0, 0.1) is 6.92 Å². The Labute approximate surface area is 90.9 Å². The lowest BCUT2D eigenvalue weighted by atomic mass is 10.1. The zero-order chi connectivity index (χ0) is 11.9. The molecule has 1 N–H and O–H groups in total. The summed E-state index contributed by atoms with van der Waals surface area (Å²) in [5, 5.41) is 12.9. The Morgan fingerprint density at radius 1 is 1.44 bits per heavy atom. The van der Waals surface area contributed by atoms with Gasteiger partial charge < -0.3 is 5.11 Å². The number of hydrogen-bond acceptors (Lipinski definition) is 3. The van der Waals surface area contributed by atoms with Gasteiger partial charge in [0.15, 0.2) is 0 Å². The van der Waals surface area contributed by atoms with Crippen LogP contribution in [0.5, 0.6) is 0 Å². The first-order valence-corrected chi connectivity index (χ1v) is 4.71. The summed E-state index contributed by atoms with van der Waals surface area (Å²) in [5.74, 6) is -1.30. The van der Waals surface area contributed by atoms with Crippen molar-refractivity contribution in [2.45, 2.75) is 6.92 Å². The van der Waals surface area contributed by atoms with Crippen LogP contribution in [0.25, 0.3) is 10.9 Å². The molecule has 82 valence electrons. The van der Waals surface area contributed by atoms with Crippen LogP contribution in [-0.4, -0.2) is 20.9 Å². The van der Waals surface area contributed by atoms with Gasteiger partial charge in [0.05, 0.1) is 5.52 Å². The summed E-state index contributed by atoms with van der Waals surface area (Å²) in [6.45, 7) is 1.90. The normalized spacial score (nSPS) is 10.6. The standard InChI is InChI=1S/C11H10N2O3/c1-6-3-4-7-8(5-6)13(2)12-9(10(7)14)11(15)16/h3-5H,1-2H3,(H,15,16). The Kier molecular flexibility index (Phi) is 2.23. The lowest BCUT2D eigenvalue weighted by Gasteiger charge is -2.06. The molecule has 1 heterocycles. The highest BCUT2D eigenvalue weighted by molar-refractivity contribution is 5.90. The quantitative estimate of drug-likeness (QED) is 0.773. The zero-order valence-corrected chi connectivity index (χ0v) is 8.89. The van der Waals surface area contributed by atoms with Crippen molar-refractivity contribution in [3.63, 3.8) is 0 Å². The molecule has 2 aromatic rings. The van der Waals surface area contributed by atoms with Crippen LogP contribution in [-0.2, 0) is 7.05 Å². The molecule has 0 aliphatic carbocycles. The second-order valence-electron chi connectivity index (χ2n) is 3.63. The summed E-state index contributed by atoms with van der Waals surface area (Å²) in [6.07, 6.45) is 0. The number of aromatic carboxylic acids is 1. The predicted octanol–water partition coefficient (Wildman–Crippen LogP) is 0.940. The van der Waals surface area contributed by atoms with Crippen LogP contribution in [0.1, 0.15) is 16.1 Å². The molecule has 0 amide bonds. The number of carboxylic acids is 1. The Morgan fingerprint density at radius 3 is 2.75 bits per heavy atom. The molecule has 1 aromatic heterocycles. The fourth-order valence-corrected chi connectivity index (χ4v) is 1.62. The number of benzene rings is 1. The smallest absolute Gasteiger partial charge is 0.360 e. The monoisotopic (exact) mass is 218 g/mol. The van der Waals surface area contributed by atoms with Gasteiger partial charge in [0.25, 0.3) is 0 Å². The summed E-state index contributed by atoms with van der Waals surface area (Å²) in [7, 11) is 1.62. The second-order valence-corrected chi connectivity index (χ2v) is 3.63. The minimum atomic E-state index is -1.30. The third-order valence-electron chi connectivity index (χ3n) is 2.41. The largest absolute Gasteiger partial charge is 0.476 e. The van der Waals surface area contributed by atoms with E-state index >= 15 is 0 Å². The van der Waals surface area contributed by atoms with Crippen molar-refractivity contribution in [3.8, 4) is 0 Å². The van der Waals surface area contributed by atoms with Gasteiger partial charge in [0.2, 0.25) is 11.1 Å². The first-order valence-electron chi connectivity index (χ1n) is 4.71. The number of hydrogen-bond donors (Lipinski definition) is 1. The number of carboxylic acid groups (broad SMARTS) is 1. The van der Waals surface area contributed by atoms with Gasteiger partial charge in [-0.3, -0.25) is 9.48 Å². The first kappa shape index (κ1) is 10.4. The van der Waals surface area contributed by atoms with Crippen LogP contribution in [0.15, 0.2) is 23.0 Å². The Morgan fingerprint density at radius 2 is 2.12 bits per heavy atom. The molecule has 1 aromatic carbocycles. The summed E-state index contributed by atoms with van der Waals surface area (Å²) < 4.78 is 1.41. The van der Waals surface area contributed by atoms with E-state index in [0.717, 1.165) is 5.56 Å². The Balaban J connectivity index is 2.96. The van der Waals surface area contributed by atoms with Gasteiger partial charge in [-0.1, -0.05) is 6.07 Å². The molecule has 0 aliphatic rings. The van der Waals surface area contributed by atoms with E-state index in [4.69, 9.17) is 5.11 Å². The van der Waals surface area contributed by atoms with Crippen LogP contribution in [0.3, 0.4) is 0 Å². The van der Waals surface area contributed by atoms with Gasteiger partial charge in [-0.15, -0.1) is 0 Å². The van der Waals surface area contributed by atoms with Crippen LogP contribution in [0.4, 0.5) is 0 Å². The fourth-order valence-electron chi connectivity index (χ4n) is 1.62. The van der Waals surface area contributed by atoms with Crippen molar-refractivity contribution in [1.29, 1.82) is 0 Å². The number of rotatable bonds is 1. The van der Waals surface area contributed by atoms with Gasteiger partial charge in [-0.25, -0.2) is 4.79 Å². The van der Waals surface area contributed by atoms with E-state index in [-0.39, 0.29) is 0 Å². The topological polar surface area (TPSA) is 72.2 Å². The zero-order valence-electron chi connectivity index (χ0n) is 8.89. The lowest BCUT2D eigenvalue weighted by Crippen LogP contribution is -2.21. The molecule has 0 aliphatic heterocycles. The van der Waals surface area contributed by atoms with E-state index in [2.05, 4.69) is 5.10 Å². The lowest BCUT2D eigenvalue weighted by molar-refractivity contribution is 0.0687. The SMILES string of the molecule is Cc1ccc2c(=O)c(C(=O)O)nn(C)c2c1. The van der Waals surface area contributed by atoms with Gasteiger partial charge >= 0.3 is 5.97 Å². The number of carbonyl (C=O) groups is 1. The Hall–Kier alpha value is -2.17. The maximum atomic E-state index is 11.8. The number of nitrogens with zero attached hydrogens (tertiary/aromatic N) is 2. The minimum absolute atomic E-state index is 0.375. The van der Waals surface area contributed by atoms with E-state index in [1.54, 1.807) is 25.2 Å². The summed E-state index contributed by atoms with van der Waals surface area (Å²) >= 11 is 0. The maximum absolute atomic E-state index is 11.8. The molecule has 5 heteroatoms. The third kappa shape index (κ3) is 1.46. The summed E-state index contributed by atoms with van der Waals surface area (Å²) in [5.41, 5.74) is 0.641. The average molecular weight is 218 g/mol. The highest BCUT2D eigenvalue weighted by atomic mass is 16.4. The molecule has 0 saturated carbocycles. The van der Waals surface area contributed by atoms with Gasteiger partial charge in [0.1, 0.15) is 0 Å². The highest BCUT2D eigenvalue weighted by Crippen LogP contribution is 2.11. The molecule has 0 atom stereocenters. The molecule has 16 heavy (non-hydrogen) atoms. The predicted molar refractivity (Wildman–Crippen MR) is 58.7 cm³/mol. The molecule has 0 unspecified atom stereocenters. The third-order valence-corrected chi connectivity index (χ3v) is 2.41. The van der Waals surface area contributed by atoms with Crippen molar-refractivity contribution in [1.82, 2.24) is 9.78 Å². The molecule has 5 nitrogen and oxygen atoms in total. The fraction of sp³-hybridized carbons (Fsp3) is 0.182. The van der Waals surface area contributed by atoms with E-state index in [9.17, 15) is 9.59 Å². The molecule has 0 spiro atoms. The summed E-state index contributed by atoms with van der Waals surface area (Å²) in [4.78, 5) is 22.6. The molecule has 0 saturated heterocycles. The van der Waals surface area contributed by atoms with Crippen LogP contribution >= 0.6 is 0 Å². The van der Waals surface area contributed by atoms with E-state index in [1.165, 1.54) is 4.68 Å². The van der Waals surface area contributed by atoms with E-state index in [0.29, 0.717) is 10.9 Å². The van der Waals surface area contributed by atoms with Crippen molar-refractivity contribution < 1.29 is 9.90 Å². The molecular formula is C11H10N2O3. The van der Waals surface area contributed by atoms with Gasteiger partial charge in [0, 0.05) is 12.4 Å². The second kappa shape index (κ2) is 3.44. The van der Waals surface area contributed by atoms with Crippen molar-refractivity contribution in [2.75, 3.05) is 0 Å². The van der Waals surface area contributed by atoms with Gasteiger partial charge in [-0.05, 0) is 24.6 Å². The van der Waals surface area contributed by atoms with Crippen LogP contribution < -0.4 is 5.43 Å². The molecule has 0 bridgehead atoms. The van der Waals surface area contributed by atoms with Crippen molar-refractivity contribution in [2.24, 2.45) is 7.05 Å². The maximum Gasteiger partial charge on any atom is 0.360 e.